The predicted octanol–water partition coefficient (Wildman–Crippen LogP) is 4.42. The molecule has 3 rings (SSSR count). The molecule has 0 aliphatic heterocycles. The Balaban J connectivity index is 1.79. The molecule has 25 heavy (non-hydrogen) atoms. The number of halogens is 1. The third kappa shape index (κ3) is 3.84. The Kier molecular flexibility index (Phi) is 4.78. The number of anilines is 1. The number of hydrogen-bond acceptors (Lipinski definition) is 7. The van der Waals surface area contributed by atoms with Gasteiger partial charge in [-0.3, -0.25) is 5.43 Å². The molecule has 0 aliphatic rings. The molecule has 1 heterocycles. The Bertz CT molecular complexity index is 916. The minimum atomic E-state index is -0.262. The van der Waals surface area contributed by atoms with Crippen LogP contribution in [0.15, 0.2) is 46.9 Å². The maximum atomic E-state index is 9.86. The van der Waals surface area contributed by atoms with Crippen LogP contribution in [0.5, 0.6) is 17.2 Å². The molecule has 0 unspecified atom stereocenters. The van der Waals surface area contributed by atoms with Crippen LogP contribution in [0, 0.1) is 0 Å². The third-order valence-electron chi connectivity index (χ3n) is 3.41. The molecule has 0 radical (unpaired) electrons. The summed E-state index contributed by atoms with van der Waals surface area (Å²) in [4.78, 5) is 4.43. The van der Waals surface area contributed by atoms with E-state index in [1.54, 1.807) is 19.1 Å². The van der Waals surface area contributed by atoms with Crippen LogP contribution in [0.3, 0.4) is 0 Å². The molecular weight excluding hydrogens is 362 g/mol. The van der Waals surface area contributed by atoms with Crippen molar-refractivity contribution in [3.63, 3.8) is 0 Å². The van der Waals surface area contributed by atoms with Crippen LogP contribution in [0.25, 0.3) is 11.3 Å². The van der Waals surface area contributed by atoms with Gasteiger partial charge < -0.3 is 15.3 Å². The monoisotopic (exact) mass is 375 g/mol. The molecule has 0 atom stereocenters. The highest BCUT2D eigenvalue weighted by atomic mass is 35.5. The van der Waals surface area contributed by atoms with E-state index in [2.05, 4.69) is 15.5 Å². The van der Waals surface area contributed by atoms with E-state index in [0.29, 0.717) is 15.9 Å². The number of benzene rings is 2. The van der Waals surface area contributed by atoms with Crippen molar-refractivity contribution in [2.45, 2.75) is 6.92 Å². The van der Waals surface area contributed by atoms with Crippen molar-refractivity contribution in [3.05, 3.63) is 52.4 Å². The summed E-state index contributed by atoms with van der Waals surface area (Å²) in [5.74, 6) is -0.755. The summed E-state index contributed by atoms with van der Waals surface area (Å²) in [5, 5.41) is 36.3. The smallest absolute Gasteiger partial charge is 0.203 e. The van der Waals surface area contributed by atoms with E-state index in [9.17, 15) is 15.3 Å². The molecule has 2 aromatic carbocycles. The molecule has 0 bridgehead atoms. The van der Waals surface area contributed by atoms with Crippen LogP contribution in [-0.2, 0) is 0 Å². The fraction of sp³-hybridized carbons (Fsp3) is 0.0588. The Labute approximate surface area is 152 Å². The molecule has 0 fully saturated rings. The van der Waals surface area contributed by atoms with E-state index in [1.807, 2.05) is 17.5 Å². The van der Waals surface area contributed by atoms with E-state index in [-0.39, 0.29) is 22.8 Å². The second-order valence-corrected chi connectivity index (χ2v) is 6.51. The highest BCUT2D eigenvalue weighted by Crippen LogP contribution is 2.32. The number of phenols is 3. The molecule has 3 aromatic rings. The number of aromatic hydroxyl groups is 3. The number of thiazole rings is 1. The summed E-state index contributed by atoms with van der Waals surface area (Å²) in [5.41, 5.74) is 5.00. The van der Waals surface area contributed by atoms with Gasteiger partial charge in [-0.2, -0.15) is 5.10 Å². The first kappa shape index (κ1) is 17.1. The van der Waals surface area contributed by atoms with Crippen LogP contribution < -0.4 is 5.43 Å². The van der Waals surface area contributed by atoms with Crippen molar-refractivity contribution >= 4 is 33.8 Å². The number of rotatable bonds is 4. The maximum Gasteiger partial charge on any atom is 0.203 e. The van der Waals surface area contributed by atoms with E-state index in [0.717, 1.165) is 23.4 Å². The van der Waals surface area contributed by atoms with Gasteiger partial charge in [0.25, 0.3) is 0 Å². The van der Waals surface area contributed by atoms with Crippen LogP contribution in [0.1, 0.15) is 12.5 Å². The fourth-order valence-corrected chi connectivity index (χ4v) is 3.02. The normalized spacial score (nSPS) is 11.5. The van der Waals surface area contributed by atoms with Crippen molar-refractivity contribution in [2.24, 2.45) is 5.10 Å². The molecule has 4 N–H and O–H groups in total. The first-order valence-corrected chi connectivity index (χ1v) is 8.47. The van der Waals surface area contributed by atoms with Crippen LogP contribution in [0.4, 0.5) is 5.13 Å². The largest absolute Gasteiger partial charge is 0.508 e. The number of hydrogen-bond donors (Lipinski definition) is 4. The van der Waals surface area contributed by atoms with E-state index in [1.165, 1.54) is 11.3 Å². The van der Waals surface area contributed by atoms with E-state index < -0.39 is 0 Å². The molecule has 6 nitrogen and oxygen atoms in total. The molecular formula is C17H14ClN3O3S. The average Bonchev–Trinajstić information content (AvgIpc) is 3.01. The van der Waals surface area contributed by atoms with Gasteiger partial charge in [-0.25, -0.2) is 4.98 Å². The molecule has 1 aromatic heterocycles. The Morgan fingerprint density at radius 3 is 2.40 bits per heavy atom. The minimum Gasteiger partial charge on any atom is -0.508 e. The quantitative estimate of drug-likeness (QED) is 0.400. The molecule has 128 valence electrons. The van der Waals surface area contributed by atoms with Crippen molar-refractivity contribution in [3.8, 4) is 28.5 Å². The molecule has 0 saturated carbocycles. The zero-order valence-corrected chi connectivity index (χ0v) is 14.6. The van der Waals surface area contributed by atoms with Crippen molar-refractivity contribution < 1.29 is 15.3 Å². The van der Waals surface area contributed by atoms with E-state index in [4.69, 9.17) is 11.6 Å². The second kappa shape index (κ2) is 7.00. The van der Waals surface area contributed by atoms with Crippen molar-refractivity contribution in [2.75, 3.05) is 5.43 Å². The summed E-state index contributed by atoms with van der Waals surface area (Å²) in [6, 6.07) is 9.61. The van der Waals surface area contributed by atoms with Gasteiger partial charge in [-0.05, 0) is 19.1 Å². The van der Waals surface area contributed by atoms with Crippen molar-refractivity contribution in [1.82, 2.24) is 4.98 Å². The lowest BCUT2D eigenvalue weighted by Gasteiger charge is -2.07. The summed E-state index contributed by atoms with van der Waals surface area (Å²) >= 11 is 7.25. The Morgan fingerprint density at radius 1 is 1.12 bits per heavy atom. The summed E-state index contributed by atoms with van der Waals surface area (Å²) in [6.45, 7) is 1.62. The fourth-order valence-electron chi connectivity index (χ4n) is 2.23. The van der Waals surface area contributed by atoms with Crippen LogP contribution in [-0.4, -0.2) is 26.0 Å². The lowest BCUT2D eigenvalue weighted by atomic mass is 10.1. The summed E-state index contributed by atoms with van der Waals surface area (Å²) in [6.07, 6.45) is 0. The topological polar surface area (TPSA) is 98.0 Å². The standard InChI is InChI=1S/C17H14ClN3O3S/c1-9(16-14(23)6-12(22)7-15(16)24)20-21-17-19-13(8-25-17)10-2-4-11(18)5-3-10/h2-8,22-24H,1H3,(H,19,21)/b20-9-. The van der Waals surface area contributed by atoms with Gasteiger partial charge in [-0.15, -0.1) is 11.3 Å². The second-order valence-electron chi connectivity index (χ2n) is 5.21. The summed E-state index contributed by atoms with van der Waals surface area (Å²) < 4.78 is 0. The number of phenolic OH excluding ortho intramolecular Hbond substituents is 3. The van der Waals surface area contributed by atoms with Gasteiger partial charge in [0, 0.05) is 28.1 Å². The lowest BCUT2D eigenvalue weighted by molar-refractivity contribution is 0.426. The van der Waals surface area contributed by atoms with Gasteiger partial charge in [0.2, 0.25) is 5.13 Å². The SMILES string of the molecule is C/C(=N/Nc1nc(-c2ccc(Cl)cc2)cs1)c1c(O)cc(O)cc1O. The molecule has 8 heteroatoms. The number of nitrogens with one attached hydrogen (secondary N) is 1. The summed E-state index contributed by atoms with van der Waals surface area (Å²) in [7, 11) is 0. The first-order valence-electron chi connectivity index (χ1n) is 7.21. The number of aromatic nitrogens is 1. The maximum absolute atomic E-state index is 9.86. The minimum absolute atomic E-state index is 0.139. The zero-order chi connectivity index (χ0) is 18.0. The Hall–Kier alpha value is -2.77. The van der Waals surface area contributed by atoms with Gasteiger partial charge in [0.05, 0.1) is 17.0 Å². The van der Waals surface area contributed by atoms with Gasteiger partial charge >= 0.3 is 0 Å². The number of hydrazone groups is 1. The molecule has 0 amide bonds. The molecule has 0 aliphatic carbocycles. The predicted molar refractivity (Wildman–Crippen MR) is 99.8 cm³/mol. The average molecular weight is 376 g/mol. The lowest BCUT2D eigenvalue weighted by Crippen LogP contribution is -2.00. The van der Waals surface area contributed by atoms with Crippen LogP contribution >= 0.6 is 22.9 Å². The van der Waals surface area contributed by atoms with E-state index >= 15 is 0 Å². The zero-order valence-electron chi connectivity index (χ0n) is 13.1. The third-order valence-corrected chi connectivity index (χ3v) is 4.41. The van der Waals surface area contributed by atoms with Gasteiger partial charge in [0.15, 0.2) is 0 Å². The molecule has 0 spiro atoms. The van der Waals surface area contributed by atoms with Gasteiger partial charge in [-0.1, -0.05) is 23.7 Å². The van der Waals surface area contributed by atoms with Gasteiger partial charge in [0.1, 0.15) is 17.2 Å². The Morgan fingerprint density at radius 2 is 1.76 bits per heavy atom. The molecule has 0 saturated heterocycles. The van der Waals surface area contributed by atoms with Crippen LogP contribution in [0.2, 0.25) is 5.02 Å². The number of nitrogens with zero attached hydrogens (tertiary/aromatic N) is 2. The highest BCUT2D eigenvalue weighted by Gasteiger charge is 2.13. The highest BCUT2D eigenvalue weighted by molar-refractivity contribution is 7.14. The van der Waals surface area contributed by atoms with Crippen molar-refractivity contribution in [1.29, 1.82) is 0 Å². The first-order chi connectivity index (χ1) is 11.9.